The van der Waals surface area contributed by atoms with Crippen molar-refractivity contribution in [3.8, 4) is 0 Å². The second kappa shape index (κ2) is 12.2. The number of nitrogens with two attached hydrogens (primary N) is 3. The standard InChI is InChI=1S/C14H17N9O.CH3ClO/c15-4-7-20-14(24)9-2-3-10(21-8-9)11(16)22-23-12(17)13-18-5-1-6-19-13;1-3-2/h1-3,5-6,8H,4,7,15H2,(H2,16,22)(H2,17,23)(H,20,24);1H3. The van der Waals surface area contributed by atoms with E-state index in [9.17, 15) is 4.79 Å². The van der Waals surface area contributed by atoms with Crippen molar-refractivity contribution in [3.05, 3.63) is 53.9 Å². The predicted molar refractivity (Wildman–Crippen MR) is 102 cm³/mol. The van der Waals surface area contributed by atoms with Crippen LogP contribution in [0.3, 0.4) is 0 Å². The van der Waals surface area contributed by atoms with Crippen LogP contribution in [-0.2, 0) is 4.29 Å². The summed E-state index contributed by atoms with van der Waals surface area (Å²) in [6.45, 7) is 0.751. The van der Waals surface area contributed by atoms with Gasteiger partial charge < -0.3 is 22.5 Å². The molecule has 0 spiro atoms. The highest BCUT2D eigenvalue weighted by Crippen LogP contribution is 2.01. The van der Waals surface area contributed by atoms with Crippen molar-refractivity contribution in [1.29, 1.82) is 0 Å². The molecule has 1 amide bonds. The highest BCUT2D eigenvalue weighted by atomic mass is 35.5. The van der Waals surface area contributed by atoms with E-state index in [1.165, 1.54) is 25.7 Å². The van der Waals surface area contributed by atoms with Crippen molar-refractivity contribution in [2.24, 2.45) is 27.4 Å². The summed E-state index contributed by atoms with van der Waals surface area (Å²) in [5.41, 5.74) is 17.6. The van der Waals surface area contributed by atoms with E-state index >= 15 is 0 Å². The van der Waals surface area contributed by atoms with Gasteiger partial charge in [0.15, 0.2) is 17.5 Å². The average Bonchev–Trinajstić information content (AvgIpc) is 2.71. The fourth-order valence-corrected chi connectivity index (χ4v) is 1.60. The fraction of sp³-hybridized carbons (Fsp3) is 0.200. The highest BCUT2D eigenvalue weighted by molar-refractivity contribution is 6.07. The van der Waals surface area contributed by atoms with Crippen LogP contribution < -0.4 is 22.5 Å². The Bertz CT molecular complexity index is 767. The SMILES string of the molecule is COCl.NCCNC(=O)c1ccc(/C(N)=N/N=C(\N)c2ncccn2)nc1. The summed E-state index contributed by atoms with van der Waals surface area (Å²) < 4.78 is 3.72. The average molecular weight is 394 g/mol. The van der Waals surface area contributed by atoms with Gasteiger partial charge in [-0.1, -0.05) is 0 Å². The Kier molecular flexibility index (Phi) is 9.93. The van der Waals surface area contributed by atoms with Gasteiger partial charge in [-0.15, -0.1) is 10.2 Å². The zero-order valence-corrected chi connectivity index (χ0v) is 15.3. The van der Waals surface area contributed by atoms with Gasteiger partial charge in [-0.25, -0.2) is 9.97 Å². The molecule has 0 aromatic carbocycles. The predicted octanol–water partition coefficient (Wildman–Crippen LogP) is -0.627. The summed E-state index contributed by atoms with van der Waals surface area (Å²) in [4.78, 5) is 23.7. The highest BCUT2D eigenvalue weighted by Gasteiger charge is 2.07. The summed E-state index contributed by atoms with van der Waals surface area (Å²) in [6, 6.07) is 4.79. The zero-order chi connectivity index (χ0) is 20.1. The smallest absolute Gasteiger partial charge is 0.252 e. The van der Waals surface area contributed by atoms with Crippen LogP contribution >= 0.6 is 11.9 Å². The Labute approximate surface area is 160 Å². The van der Waals surface area contributed by atoms with Gasteiger partial charge in [0.1, 0.15) is 5.69 Å². The lowest BCUT2D eigenvalue weighted by Crippen LogP contribution is -2.29. The second-order valence-electron chi connectivity index (χ2n) is 4.67. The van der Waals surface area contributed by atoms with Gasteiger partial charge in [0.05, 0.1) is 24.5 Å². The lowest BCUT2D eigenvalue weighted by molar-refractivity contribution is 0.0954. The number of carbonyl (C=O) groups is 1. The Balaban J connectivity index is 0.00000114. The Hall–Kier alpha value is -3.15. The maximum atomic E-state index is 11.7. The number of halogens is 1. The summed E-state index contributed by atoms with van der Waals surface area (Å²) in [5.74, 6) is 0.0477. The van der Waals surface area contributed by atoms with Crippen LogP contribution in [-0.4, -0.2) is 52.7 Å². The summed E-state index contributed by atoms with van der Waals surface area (Å²) in [7, 11) is 1.39. The molecule has 0 unspecified atom stereocenters. The number of rotatable bonds is 6. The van der Waals surface area contributed by atoms with E-state index in [-0.39, 0.29) is 23.4 Å². The molecule has 2 rings (SSSR count). The number of hydrogen-bond acceptors (Lipinski definition) is 8. The Morgan fingerprint density at radius 3 is 2.37 bits per heavy atom. The molecule has 0 aliphatic heterocycles. The molecule has 0 saturated carbocycles. The first kappa shape index (κ1) is 21.9. The molecular formula is C15H20ClN9O2. The first-order chi connectivity index (χ1) is 13.0. The molecule has 0 aliphatic rings. The Morgan fingerprint density at radius 2 is 1.81 bits per heavy atom. The van der Waals surface area contributed by atoms with Crippen molar-refractivity contribution in [2.45, 2.75) is 0 Å². The van der Waals surface area contributed by atoms with Crippen LogP contribution in [0.5, 0.6) is 0 Å². The minimum absolute atomic E-state index is 0.0244. The molecule has 0 saturated heterocycles. The van der Waals surface area contributed by atoms with E-state index in [0.29, 0.717) is 24.3 Å². The molecule has 7 N–H and O–H groups in total. The van der Waals surface area contributed by atoms with E-state index in [2.05, 4.69) is 46.6 Å². The third-order valence-electron chi connectivity index (χ3n) is 2.78. The number of pyridine rings is 1. The van der Waals surface area contributed by atoms with E-state index in [4.69, 9.17) is 17.2 Å². The molecule has 27 heavy (non-hydrogen) atoms. The maximum Gasteiger partial charge on any atom is 0.252 e. The first-order valence-corrected chi connectivity index (χ1v) is 7.87. The number of nitrogens with one attached hydrogen (secondary N) is 1. The quantitative estimate of drug-likeness (QED) is 0.284. The molecular weight excluding hydrogens is 374 g/mol. The summed E-state index contributed by atoms with van der Waals surface area (Å²) in [5, 5.41) is 10.2. The molecule has 2 heterocycles. The Morgan fingerprint density at radius 1 is 1.19 bits per heavy atom. The first-order valence-electron chi connectivity index (χ1n) is 7.56. The molecule has 2 aromatic rings. The third kappa shape index (κ3) is 7.73. The lowest BCUT2D eigenvalue weighted by Gasteiger charge is -2.04. The zero-order valence-electron chi connectivity index (χ0n) is 14.5. The number of hydrogen-bond donors (Lipinski definition) is 4. The summed E-state index contributed by atoms with van der Waals surface area (Å²) in [6.07, 6.45) is 4.46. The maximum absolute atomic E-state index is 11.7. The van der Waals surface area contributed by atoms with E-state index in [1.807, 2.05) is 0 Å². The fourth-order valence-electron chi connectivity index (χ4n) is 1.60. The van der Waals surface area contributed by atoms with Gasteiger partial charge in [-0.05, 0) is 18.2 Å². The van der Waals surface area contributed by atoms with Gasteiger partial charge in [-0.2, -0.15) is 0 Å². The van der Waals surface area contributed by atoms with Crippen molar-refractivity contribution < 1.29 is 9.08 Å². The minimum Gasteiger partial charge on any atom is -0.380 e. The molecule has 12 heteroatoms. The van der Waals surface area contributed by atoms with Crippen molar-refractivity contribution in [2.75, 3.05) is 20.2 Å². The molecule has 0 aliphatic carbocycles. The lowest BCUT2D eigenvalue weighted by atomic mass is 10.2. The summed E-state index contributed by atoms with van der Waals surface area (Å²) >= 11 is 4.50. The van der Waals surface area contributed by atoms with Crippen LogP contribution in [0.25, 0.3) is 0 Å². The second-order valence-corrected chi connectivity index (χ2v) is 4.98. The van der Waals surface area contributed by atoms with Crippen LogP contribution in [0.1, 0.15) is 21.9 Å². The van der Waals surface area contributed by atoms with E-state index in [1.54, 1.807) is 18.2 Å². The van der Waals surface area contributed by atoms with Gasteiger partial charge in [-0.3, -0.25) is 14.1 Å². The van der Waals surface area contributed by atoms with E-state index < -0.39 is 0 Å². The molecule has 0 atom stereocenters. The molecule has 11 nitrogen and oxygen atoms in total. The van der Waals surface area contributed by atoms with Crippen LogP contribution in [0.15, 0.2) is 47.0 Å². The number of aromatic nitrogens is 3. The van der Waals surface area contributed by atoms with Gasteiger partial charge in [0.25, 0.3) is 5.91 Å². The van der Waals surface area contributed by atoms with Crippen molar-refractivity contribution >= 4 is 29.4 Å². The van der Waals surface area contributed by atoms with Crippen LogP contribution in [0, 0.1) is 0 Å². The van der Waals surface area contributed by atoms with Gasteiger partial charge in [0.2, 0.25) is 0 Å². The van der Waals surface area contributed by atoms with Crippen LogP contribution in [0.4, 0.5) is 0 Å². The molecule has 0 radical (unpaired) electrons. The largest absolute Gasteiger partial charge is 0.380 e. The number of amidine groups is 2. The molecule has 0 fully saturated rings. The van der Waals surface area contributed by atoms with Crippen molar-refractivity contribution in [3.63, 3.8) is 0 Å². The molecule has 0 bridgehead atoms. The number of nitrogens with zero attached hydrogens (tertiary/aromatic N) is 5. The monoisotopic (exact) mass is 393 g/mol. The minimum atomic E-state index is -0.265. The molecule has 144 valence electrons. The van der Waals surface area contributed by atoms with Gasteiger partial charge >= 0.3 is 0 Å². The normalized spacial score (nSPS) is 11.4. The van der Waals surface area contributed by atoms with E-state index in [0.717, 1.165) is 0 Å². The van der Waals surface area contributed by atoms with Crippen molar-refractivity contribution in [1.82, 2.24) is 20.3 Å². The third-order valence-corrected chi connectivity index (χ3v) is 2.78. The number of amides is 1. The van der Waals surface area contributed by atoms with Crippen LogP contribution in [0.2, 0.25) is 0 Å². The van der Waals surface area contributed by atoms with Gasteiger partial charge in [0, 0.05) is 31.7 Å². The molecule has 2 aromatic heterocycles. The number of carbonyl (C=O) groups excluding carboxylic acids is 1. The topological polar surface area (TPSA) is 180 Å².